The van der Waals surface area contributed by atoms with Crippen LogP contribution in [0.4, 0.5) is 5.69 Å². The summed E-state index contributed by atoms with van der Waals surface area (Å²) in [5, 5.41) is 0. The number of sulfonamides is 1. The molecule has 1 aromatic heterocycles. The van der Waals surface area contributed by atoms with Crippen LogP contribution in [0.15, 0.2) is 39.6 Å². The summed E-state index contributed by atoms with van der Waals surface area (Å²) in [6, 6.07) is 7.50. The molecule has 0 bridgehead atoms. The number of hydrogen-bond acceptors (Lipinski definition) is 5. The topological polar surface area (TPSA) is 50.3 Å². The minimum Gasteiger partial charge on any atom is -0.264 e. The van der Waals surface area contributed by atoms with Crippen LogP contribution in [0.2, 0.25) is 4.47 Å². The molecule has 1 aromatic carbocycles. The summed E-state index contributed by atoms with van der Waals surface area (Å²) in [6.45, 7) is 0.458. The van der Waals surface area contributed by atoms with Gasteiger partial charge in [-0.1, -0.05) is 35.1 Å². The van der Waals surface area contributed by atoms with Gasteiger partial charge in [0.25, 0.3) is 10.0 Å². The smallest absolute Gasteiger partial charge is 0.264 e. The van der Waals surface area contributed by atoms with Gasteiger partial charge >= 0.3 is 0 Å². The number of benzene rings is 1. The highest BCUT2D eigenvalue weighted by atomic mass is 35.5. The van der Waals surface area contributed by atoms with E-state index in [-0.39, 0.29) is 8.68 Å². The second kappa shape index (κ2) is 4.97. The number of hydrogen-bond donors (Lipinski definition) is 0. The zero-order valence-corrected chi connectivity index (χ0v) is 12.8. The van der Waals surface area contributed by atoms with Gasteiger partial charge in [-0.15, -0.1) is 11.8 Å². The summed E-state index contributed by atoms with van der Waals surface area (Å²) in [5.41, 5.74) is 0.725. The molecule has 0 saturated carbocycles. The Hall–Kier alpha value is -0.760. The molecule has 4 nitrogen and oxygen atoms in total. The largest absolute Gasteiger partial charge is 0.275 e. The van der Waals surface area contributed by atoms with E-state index in [4.69, 9.17) is 11.6 Å². The molecule has 0 aliphatic carbocycles. The number of fused-ring (bicyclic) bond motifs is 1. The molecule has 0 spiro atoms. The predicted molar refractivity (Wildman–Crippen MR) is 78.8 cm³/mol. The van der Waals surface area contributed by atoms with Gasteiger partial charge in [0, 0.05) is 17.2 Å². The lowest BCUT2D eigenvalue weighted by Gasteiger charge is -2.29. The number of halogens is 1. The van der Waals surface area contributed by atoms with E-state index in [1.165, 1.54) is 10.5 Å². The first-order valence-corrected chi connectivity index (χ1v) is 9.07. The Labute approximate surface area is 124 Å². The molecule has 0 saturated heterocycles. The van der Waals surface area contributed by atoms with Crippen molar-refractivity contribution in [2.45, 2.75) is 9.10 Å². The lowest BCUT2D eigenvalue weighted by molar-refractivity contribution is 0.593. The van der Waals surface area contributed by atoms with Gasteiger partial charge in [-0.05, 0) is 12.1 Å². The fraction of sp³-hybridized carbons (Fsp3) is 0.182. The Kier molecular flexibility index (Phi) is 3.46. The standard InChI is InChI=1S/C11H9ClN2O2S3/c12-11-13-7-10(18-11)19(15,16)14-5-6-17-9-4-2-1-3-8(9)14/h1-4,7H,5-6H2. The van der Waals surface area contributed by atoms with E-state index in [0.29, 0.717) is 6.54 Å². The molecule has 0 N–H and O–H groups in total. The minimum atomic E-state index is -3.56. The molecule has 0 atom stereocenters. The molecule has 19 heavy (non-hydrogen) atoms. The van der Waals surface area contributed by atoms with Crippen LogP contribution in [0, 0.1) is 0 Å². The average molecular weight is 333 g/mol. The van der Waals surface area contributed by atoms with E-state index in [1.54, 1.807) is 11.8 Å². The molecular formula is C11H9ClN2O2S3. The van der Waals surface area contributed by atoms with Gasteiger partial charge in [0.05, 0.1) is 11.9 Å². The van der Waals surface area contributed by atoms with E-state index in [9.17, 15) is 8.42 Å². The van der Waals surface area contributed by atoms with E-state index >= 15 is 0 Å². The third kappa shape index (κ3) is 2.35. The monoisotopic (exact) mass is 332 g/mol. The van der Waals surface area contributed by atoms with Crippen LogP contribution in [-0.4, -0.2) is 25.7 Å². The van der Waals surface area contributed by atoms with E-state index in [1.807, 2.05) is 24.3 Å². The van der Waals surface area contributed by atoms with Gasteiger partial charge < -0.3 is 0 Å². The molecule has 0 radical (unpaired) electrons. The van der Waals surface area contributed by atoms with Gasteiger partial charge in [0.1, 0.15) is 0 Å². The molecule has 8 heteroatoms. The third-order valence-electron chi connectivity index (χ3n) is 2.69. The summed E-state index contributed by atoms with van der Waals surface area (Å²) >= 11 is 8.37. The first-order chi connectivity index (χ1) is 9.09. The van der Waals surface area contributed by atoms with Crippen LogP contribution in [0.25, 0.3) is 0 Å². The van der Waals surface area contributed by atoms with E-state index in [2.05, 4.69) is 4.98 Å². The van der Waals surface area contributed by atoms with Crippen LogP contribution in [0.3, 0.4) is 0 Å². The number of nitrogens with zero attached hydrogens (tertiary/aromatic N) is 2. The Balaban J connectivity index is 2.08. The first kappa shape index (κ1) is 13.2. The van der Waals surface area contributed by atoms with Gasteiger partial charge in [0.2, 0.25) is 0 Å². The molecule has 0 amide bonds. The number of thiazole rings is 1. The maximum absolute atomic E-state index is 12.6. The van der Waals surface area contributed by atoms with Crippen molar-refractivity contribution in [2.75, 3.05) is 16.6 Å². The van der Waals surface area contributed by atoms with Crippen molar-refractivity contribution in [3.63, 3.8) is 0 Å². The summed E-state index contributed by atoms with van der Waals surface area (Å²) in [7, 11) is -3.56. The van der Waals surface area contributed by atoms with Crippen LogP contribution >= 0.6 is 34.7 Å². The Morgan fingerprint density at radius 2 is 2.11 bits per heavy atom. The average Bonchev–Trinajstić information content (AvgIpc) is 2.85. The predicted octanol–water partition coefficient (Wildman–Crippen LogP) is 3.10. The fourth-order valence-corrected chi connectivity index (χ4v) is 5.92. The van der Waals surface area contributed by atoms with E-state index in [0.717, 1.165) is 27.7 Å². The van der Waals surface area contributed by atoms with Gasteiger partial charge in [0.15, 0.2) is 8.68 Å². The zero-order chi connectivity index (χ0) is 13.5. The first-order valence-electron chi connectivity index (χ1n) is 5.45. The summed E-state index contributed by atoms with van der Waals surface area (Å²) in [4.78, 5) is 4.79. The quantitative estimate of drug-likeness (QED) is 0.848. The maximum Gasteiger partial charge on any atom is 0.275 e. The molecule has 100 valence electrons. The Bertz CT molecular complexity index is 714. The molecule has 0 unspecified atom stereocenters. The number of rotatable bonds is 2. The van der Waals surface area contributed by atoms with Crippen molar-refractivity contribution in [1.82, 2.24) is 4.98 Å². The van der Waals surface area contributed by atoms with Crippen molar-refractivity contribution in [3.05, 3.63) is 34.9 Å². The summed E-state index contributed by atoms with van der Waals surface area (Å²) < 4.78 is 27.0. The molecule has 2 heterocycles. The third-order valence-corrected chi connectivity index (χ3v) is 7.09. The number of anilines is 1. The van der Waals surface area contributed by atoms with E-state index < -0.39 is 10.0 Å². The van der Waals surface area contributed by atoms with Crippen LogP contribution in [0.5, 0.6) is 0 Å². The second-order valence-electron chi connectivity index (χ2n) is 3.83. The highest BCUT2D eigenvalue weighted by Gasteiger charge is 2.30. The van der Waals surface area contributed by atoms with Gasteiger partial charge in [-0.2, -0.15) is 0 Å². The molecular weight excluding hydrogens is 324 g/mol. The van der Waals surface area contributed by atoms with Crippen LogP contribution in [0.1, 0.15) is 0 Å². The van der Waals surface area contributed by atoms with Crippen molar-refractivity contribution < 1.29 is 8.42 Å². The SMILES string of the molecule is O=S(=O)(c1cnc(Cl)s1)N1CCSc2ccccc21. The minimum absolute atomic E-state index is 0.180. The molecule has 1 aliphatic rings. The maximum atomic E-state index is 12.6. The highest BCUT2D eigenvalue weighted by molar-refractivity contribution is 8.00. The second-order valence-corrected chi connectivity index (χ2v) is 8.66. The van der Waals surface area contributed by atoms with Gasteiger partial charge in [-0.3, -0.25) is 4.31 Å². The summed E-state index contributed by atoms with van der Waals surface area (Å²) in [5.74, 6) is 0.739. The van der Waals surface area contributed by atoms with Crippen molar-refractivity contribution in [1.29, 1.82) is 0 Å². The van der Waals surface area contributed by atoms with Crippen molar-refractivity contribution >= 4 is 50.4 Å². The fourth-order valence-electron chi connectivity index (χ4n) is 1.86. The number of aromatic nitrogens is 1. The lowest BCUT2D eigenvalue weighted by atomic mass is 10.3. The van der Waals surface area contributed by atoms with Crippen LogP contribution in [-0.2, 0) is 10.0 Å². The van der Waals surface area contributed by atoms with Crippen molar-refractivity contribution in [3.8, 4) is 0 Å². The Morgan fingerprint density at radius 3 is 2.84 bits per heavy atom. The molecule has 0 fully saturated rings. The van der Waals surface area contributed by atoms with Crippen molar-refractivity contribution in [2.24, 2.45) is 0 Å². The molecule has 1 aliphatic heterocycles. The summed E-state index contributed by atoms with van der Waals surface area (Å²) in [6.07, 6.45) is 1.31. The molecule has 3 rings (SSSR count). The number of thioether (sulfide) groups is 1. The lowest BCUT2D eigenvalue weighted by Crippen LogP contribution is -2.34. The van der Waals surface area contributed by atoms with Crippen LogP contribution < -0.4 is 4.31 Å². The Morgan fingerprint density at radius 1 is 1.32 bits per heavy atom. The number of para-hydroxylation sites is 1. The zero-order valence-electron chi connectivity index (χ0n) is 9.61. The highest BCUT2D eigenvalue weighted by Crippen LogP contribution is 2.38. The normalized spacial score (nSPS) is 15.3. The van der Waals surface area contributed by atoms with Gasteiger partial charge in [-0.25, -0.2) is 13.4 Å². The molecule has 2 aromatic rings.